The van der Waals surface area contributed by atoms with Gasteiger partial charge in [0.1, 0.15) is 12.9 Å². The fourth-order valence-corrected chi connectivity index (χ4v) is 2.35. The van der Waals surface area contributed by atoms with E-state index in [1.54, 1.807) is 13.0 Å². The van der Waals surface area contributed by atoms with E-state index in [0.717, 1.165) is 51.2 Å². The number of carbonyl (C=O) groups is 2. The van der Waals surface area contributed by atoms with Crippen molar-refractivity contribution < 1.29 is 24.2 Å². The van der Waals surface area contributed by atoms with E-state index in [4.69, 9.17) is 9.47 Å². The minimum absolute atomic E-state index is 0.171. The summed E-state index contributed by atoms with van der Waals surface area (Å²) in [6, 6.07) is 0. The number of allylic oxidation sites excluding steroid dienone is 3. The number of ether oxygens (including phenoxy) is 2. The lowest BCUT2D eigenvalue weighted by atomic mass is 10.1. The van der Waals surface area contributed by atoms with Crippen molar-refractivity contribution in [2.75, 3.05) is 6.61 Å². The molecule has 0 saturated carbocycles. The molecule has 1 unspecified atom stereocenters. The molecule has 1 N–H and O–H groups in total. The van der Waals surface area contributed by atoms with E-state index in [9.17, 15) is 14.7 Å². The fraction of sp³-hybridized carbons (Fsp3) is 0.500. The highest BCUT2D eigenvalue weighted by Crippen LogP contribution is 2.10. The normalized spacial score (nSPS) is 13.2. The highest BCUT2D eigenvalue weighted by molar-refractivity contribution is 5.90. The molecule has 0 bridgehead atoms. The van der Waals surface area contributed by atoms with Gasteiger partial charge in [0, 0.05) is 5.57 Å². The van der Waals surface area contributed by atoms with Gasteiger partial charge in [-0.15, -0.1) is 13.2 Å². The molecular weight excluding hydrogens is 368 g/mol. The fourth-order valence-electron chi connectivity index (χ4n) is 2.35. The van der Waals surface area contributed by atoms with Crippen LogP contribution in [0.4, 0.5) is 0 Å². The summed E-state index contributed by atoms with van der Waals surface area (Å²) in [6.07, 6.45) is 16.7. The summed E-state index contributed by atoms with van der Waals surface area (Å²) in [6.45, 7) is 10.6. The first-order valence-electron chi connectivity index (χ1n) is 10.2. The maximum atomic E-state index is 12.0. The minimum Gasteiger partial charge on any atom is -0.458 e. The van der Waals surface area contributed by atoms with E-state index in [-0.39, 0.29) is 12.2 Å². The summed E-state index contributed by atoms with van der Waals surface area (Å²) in [7, 11) is 0. The summed E-state index contributed by atoms with van der Waals surface area (Å²) in [4.78, 5) is 23.8. The Labute approximate surface area is 175 Å². The van der Waals surface area contributed by atoms with Gasteiger partial charge in [-0.1, -0.05) is 37.1 Å². The Bertz CT molecular complexity index is 598. The highest BCUT2D eigenvalue weighted by atomic mass is 16.5. The number of rotatable bonds is 16. The molecule has 0 rings (SSSR count). The zero-order valence-electron chi connectivity index (χ0n) is 17.9. The summed E-state index contributed by atoms with van der Waals surface area (Å²) in [5.74, 6) is -1.15. The topological polar surface area (TPSA) is 72.8 Å². The smallest absolute Gasteiger partial charge is 0.338 e. The summed E-state index contributed by atoms with van der Waals surface area (Å²) in [5, 5.41) is 9.97. The van der Waals surface area contributed by atoms with Gasteiger partial charge < -0.3 is 14.6 Å². The number of hydrogen-bond donors (Lipinski definition) is 1. The molecule has 0 aliphatic rings. The molecule has 0 spiro atoms. The van der Waals surface area contributed by atoms with Crippen LogP contribution in [0.1, 0.15) is 65.2 Å². The third-order valence-corrected chi connectivity index (χ3v) is 4.09. The molecule has 0 aromatic rings. The van der Waals surface area contributed by atoms with Gasteiger partial charge >= 0.3 is 11.9 Å². The van der Waals surface area contributed by atoms with Crippen LogP contribution in [0, 0.1) is 0 Å². The third-order valence-electron chi connectivity index (χ3n) is 4.09. The molecule has 0 saturated heterocycles. The van der Waals surface area contributed by atoms with E-state index < -0.39 is 18.0 Å². The number of hydrogen-bond acceptors (Lipinski definition) is 5. The molecule has 0 amide bonds. The summed E-state index contributed by atoms with van der Waals surface area (Å²) >= 11 is 0. The maximum Gasteiger partial charge on any atom is 0.338 e. The quantitative estimate of drug-likeness (QED) is 0.124. The van der Waals surface area contributed by atoms with Gasteiger partial charge in [0.05, 0.1) is 11.7 Å². The second kappa shape index (κ2) is 17.7. The molecular formula is C24H36O5. The average molecular weight is 405 g/mol. The summed E-state index contributed by atoms with van der Waals surface area (Å²) < 4.78 is 10.1. The average Bonchev–Trinajstić information content (AvgIpc) is 2.70. The number of carbonyl (C=O) groups excluding carboxylic acids is 2. The Balaban J connectivity index is 4.24. The molecule has 0 heterocycles. The largest absolute Gasteiger partial charge is 0.458 e. The van der Waals surface area contributed by atoms with Crippen molar-refractivity contribution >= 4 is 11.9 Å². The van der Waals surface area contributed by atoms with Crippen LogP contribution in [-0.4, -0.2) is 29.8 Å². The van der Waals surface area contributed by atoms with Crippen LogP contribution in [-0.2, 0) is 19.1 Å². The molecule has 29 heavy (non-hydrogen) atoms. The number of aliphatic hydroxyl groups is 1. The lowest BCUT2D eigenvalue weighted by Gasteiger charge is -2.07. The molecule has 162 valence electrons. The van der Waals surface area contributed by atoms with E-state index in [1.807, 2.05) is 18.2 Å². The standard InChI is InChI=1S/C24H36O5/c1-5-7-9-11-13-15-17-28-24(27)21(4)19-29-23(26)20(3)18-22(25)16-14-12-10-8-6-2/h5-6,13,15,18-19,22,25H,1-2,7-12,14,16-17H2,3-4H3. The van der Waals surface area contributed by atoms with Crippen molar-refractivity contribution in [1.29, 1.82) is 0 Å². The highest BCUT2D eigenvalue weighted by Gasteiger charge is 2.10. The first kappa shape index (κ1) is 26.6. The van der Waals surface area contributed by atoms with E-state index >= 15 is 0 Å². The van der Waals surface area contributed by atoms with Crippen molar-refractivity contribution in [3.05, 3.63) is 60.9 Å². The van der Waals surface area contributed by atoms with Gasteiger partial charge in [-0.25, -0.2) is 9.59 Å². The van der Waals surface area contributed by atoms with Gasteiger partial charge in [0.25, 0.3) is 0 Å². The monoisotopic (exact) mass is 404 g/mol. The molecule has 0 radical (unpaired) electrons. The van der Waals surface area contributed by atoms with Crippen molar-refractivity contribution in [1.82, 2.24) is 0 Å². The van der Waals surface area contributed by atoms with Crippen LogP contribution in [0.2, 0.25) is 0 Å². The first-order valence-corrected chi connectivity index (χ1v) is 10.2. The van der Waals surface area contributed by atoms with E-state index in [0.29, 0.717) is 12.0 Å². The van der Waals surface area contributed by atoms with Crippen LogP contribution in [0.15, 0.2) is 60.9 Å². The Morgan fingerprint density at radius 1 is 0.897 bits per heavy atom. The molecule has 0 aliphatic carbocycles. The minimum atomic E-state index is -0.695. The molecule has 5 nitrogen and oxygen atoms in total. The van der Waals surface area contributed by atoms with Crippen LogP contribution in [0.3, 0.4) is 0 Å². The second-order valence-corrected chi connectivity index (χ2v) is 6.84. The SMILES string of the molecule is C=CCCCC=CCOC(=O)C(C)=COC(=O)C(C)=CC(O)CCCCCC=C. The van der Waals surface area contributed by atoms with Crippen molar-refractivity contribution in [3.63, 3.8) is 0 Å². The molecule has 0 aromatic carbocycles. The van der Waals surface area contributed by atoms with E-state index in [1.165, 1.54) is 13.0 Å². The van der Waals surface area contributed by atoms with Gasteiger partial charge in [-0.3, -0.25) is 0 Å². The Morgan fingerprint density at radius 3 is 2.28 bits per heavy atom. The Morgan fingerprint density at radius 2 is 1.59 bits per heavy atom. The Hall–Kier alpha value is -2.40. The van der Waals surface area contributed by atoms with Crippen LogP contribution >= 0.6 is 0 Å². The lowest BCUT2D eigenvalue weighted by Crippen LogP contribution is -2.10. The van der Waals surface area contributed by atoms with Gasteiger partial charge in [-0.05, 0) is 58.4 Å². The number of esters is 2. The number of aliphatic hydroxyl groups excluding tert-OH is 1. The predicted octanol–water partition coefficient (Wildman–Crippen LogP) is 5.33. The zero-order valence-corrected chi connectivity index (χ0v) is 17.9. The van der Waals surface area contributed by atoms with Gasteiger partial charge in [-0.2, -0.15) is 0 Å². The molecule has 0 fully saturated rings. The third kappa shape index (κ3) is 15.2. The van der Waals surface area contributed by atoms with Crippen LogP contribution < -0.4 is 0 Å². The van der Waals surface area contributed by atoms with Crippen molar-refractivity contribution in [2.24, 2.45) is 0 Å². The lowest BCUT2D eigenvalue weighted by molar-refractivity contribution is -0.138. The first-order chi connectivity index (χ1) is 13.9. The van der Waals surface area contributed by atoms with Gasteiger partial charge in [0.2, 0.25) is 0 Å². The van der Waals surface area contributed by atoms with Crippen LogP contribution in [0.5, 0.6) is 0 Å². The van der Waals surface area contributed by atoms with Gasteiger partial charge in [0.15, 0.2) is 0 Å². The summed E-state index contributed by atoms with van der Waals surface area (Å²) in [5.41, 5.74) is 0.484. The second-order valence-electron chi connectivity index (χ2n) is 6.84. The molecule has 1 atom stereocenters. The molecule has 0 aliphatic heterocycles. The molecule has 5 heteroatoms. The van der Waals surface area contributed by atoms with Crippen molar-refractivity contribution in [2.45, 2.75) is 71.3 Å². The predicted molar refractivity (Wildman–Crippen MR) is 117 cm³/mol. The Kier molecular flexibility index (Phi) is 16.2. The van der Waals surface area contributed by atoms with Crippen LogP contribution in [0.25, 0.3) is 0 Å². The maximum absolute atomic E-state index is 12.0. The number of unbranched alkanes of at least 4 members (excludes halogenated alkanes) is 5. The zero-order chi connectivity index (χ0) is 21.9. The molecule has 0 aromatic heterocycles. The van der Waals surface area contributed by atoms with E-state index in [2.05, 4.69) is 13.2 Å². The van der Waals surface area contributed by atoms with Crippen molar-refractivity contribution in [3.8, 4) is 0 Å².